The highest BCUT2D eigenvalue weighted by Gasteiger charge is 2.20. The smallest absolute Gasteiger partial charge is 0.191 e. The molecule has 164 valence electrons. The normalized spacial score (nSPS) is 15.5. The lowest BCUT2D eigenvalue weighted by atomic mass is 10.0. The molecule has 2 N–H and O–H groups in total. The van der Waals surface area contributed by atoms with Crippen LogP contribution < -0.4 is 10.6 Å². The van der Waals surface area contributed by atoms with Gasteiger partial charge in [-0.25, -0.2) is 4.99 Å². The molecule has 0 atom stereocenters. The number of aliphatic imine (C=N–C) groups is 1. The van der Waals surface area contributed by atoms with E-state index in [9.17, 15) is 0 Å². The van der Waals surface area contributed by atoms with Gasteiger partial charge in [0.1, 0.15) is 0 Å². The number of ether oxygens (including phenoxy) is 1. The number of rotatable bonds is 8. The number of guanidine groups is 1. The summed E-state index contributed by atoms with van der Waals surface area (Å²) in [6.07, 6.45) is 2.28. The molecule has 0 radical (unpaired) electrons. The van der Waals surface area contributed by atoms with E-state index < -0.39 is 0 Å². The first-order valence-electron chi connectivity index (χ1n) is 10.6. The lowest BCUT2D eigenvalue weighted by molar-refractivity contribution is 0.185. The molecule has 1 aliphatic rings. The fourth-order valence-electron chi connectivity index (χ4n) is 3.75. The van der Waals surface area contributed by atoms with Crippen LogP contribution in [0.3, 0.4) is 0 Å². The van der Waals surface area contributed by atoms with Gasteiger partial charge in [0.2, 0.25) is 0 Å². The Morgan fingerprint density at radius 2 is 1.73 bits per heavy atom. The van der Waals surface area contributed by atoms with E-state index in [4.69, 9.17) is 9.73 Å². The third-order valence-electron chi connectivity index (χ3n) is 5.24. The average Bonchev–Trinajstić information content (AvgIpc) is 2.75. The molecule has 0 aliphatic carbocycles. The highest BCUT2D eigenvalue weighted by molar-refractivity contribution is 14.0. The molecule has 2 aromatic carbocycles. The van der Waals surface area contributed by atoms with E-state index >= 15 is 0 Å². The van der Waals surface area contributed by atoms with Crippen LogP contribution in [0.4, 0.5) is 0 Å². The van der Waals surface area contributed by atoms with Gasteiger partial charge >= 0.3 is 0 Å². The molecule has 6 heteroatoms. The molecule has 1 aliphatic heterocycles. The minimum atomic E-state index is 0. The summed E-state index contributed by atoms with van der Waals surface area (Å²) in [4.78, 5) is 7.35. The van der Waals surface area contributed by atoms with Crippen LogP contribution in [0, 0.1) is 0 Å². The number of nitrogens with zero attached hydrogens (tertiary/aromatic N) is 2. The molecule has 3 rings (SSSR count). The summed E-state index contributed by atoms with van der Waals surface area (Å²) in [6.45, 7) is 7.55. The number of halogens is 1. The molecule has 0 aromatic heterocycles. The fraction of sp³-hybridized carbons (Fsp3) is 0.458. The minimum absolute atomic E-state index is 0. The van der Waals surface area contributed by atoms with Crippen molar-refractivity contribution in [2.75, 3.05) is 26.7 Å². The highest BCUT2D eigenvalue weighted by Crippen LogP contribution is 2.14. The van der Waals surface area contributed by atoms with E-state index in [-0.39, 0.29) is 24.0 Å². The van der Waals surface area contributed by atoms with Gasteiger partial charge in [0, 0.05) is 39.3 Å². The number of hydrogen-bond donors (Lipinski definition) is 2. The van der Waals surface area contributed by atoms with Crippen LogP contribution in [0.2, 0.25) is 0 Å². The van der Waals surface area contributed by atoms with Gasteiger partial charge in [0.25, 0.3) is 0 Å². The third-order valence-corrected chi connectivity index (χ3v) is 5.24. The Labute approximate surface area is 198 Å². The largest absolute Gasteiger partial charge is 0.380 e. The first kappa shape index (κ1) is 24.6. The van der Waals surface area contributed by atoms with Gasteiger partial charge in [-0.3, -0.25) is 4.90 Å². The summed E-state index contributed by atoms with van der Waals surface area (Å²) >= 11 is 0. The van der Waals surface area contributed by atoms with E-state index in [1.807, 2.05) is 0 Å². The van der Waals surface area contributed by atoms with Crippen LogP contribution in [-0.2, 0) is 24.4 Å². The maximum absolute atomic E-state index is 5.23. The molecule has 0 saturated carbocycles. The van der Waals surface area contributed by atoms with Crippen molar-refractivity contribution in [1.29, 1.82) is 0 Å². The quantitative estimate of drug-likeness (QED) is 0.311. The predicted octanol–water partition coefficient (Wildman–Crippen LogP) is 4.17. The van der Waals surface area contributed by atoms with Crippen molar-refractivity contribution >= 4 is 29.9 Å². The third kappa shape index (κ3) is 8.24. The van der Waals surface area contributed by atoms with Gasteiger partial charge in [-0.1, -0.05) is 54.6 Å². The summed E-state index contributed by atoms with van der Waals surface area (Å²) in [5, 5.41) is 7.03. The standard InChI is InChI=1S/C24H34N4O.HI/c1-3-25-24(26-17-21-10-7-11-22(16-21)19-29-2)27-23-12-14-28(15-13-23)18-20-8-5-4-6-9-20;/h4-11,16,23H,3,12-15,17-19H2,1-2H3,(H2,25,26,27);1H. The van der Waals surface area contributed by atoms with E-state index in [0.29, 0.717) is 19.2 Å². The first-order valence-corrected chi connectivity index (χ1v) is 10.6. The van der Waals surface area contributed by atoms with Crippen LogP contribution in [0.5, 0.6) is 0 Å². The molecular weight excluding hydrogens is 487 g/mol. The summed E-state index contributed by atoms with van der Waals surface area (Å²) in [5.41, 5.74) is 3.78. The number of hydrogen-bond acceptors (Lipinski definition) is 3. The van der Waals surface area contributed by atoms with Gasteiger partial charge in [-0.05, 0) is 36.5 Å². The van der Waals surface area contributed by atoms with Gasteiger partial charge < -0.3 is 15.4 Å². The molecule has 2 aromatic rings. The molecule has 0 unspecified atom stereocenters. The molecule has 0 spiro atoms. The second kappa shape index (κ2) is 13.6. The van der Waals surface area contributed by atoms with Crippen molar-refractivity contribution in [3.8, 4) is 0 Å². The zero-order valence-electron chi connectivity index (χ0n) is 18.1. The van der Waals surface area contributed by atoms with Crippen LogP contribution in [0.15, 0.2) is 59.6 Å². The molecule has 1 saturated heterocycles. The lowest BCUT2D eigenvalue weighted by Crippen LogP contribution is -2.48. The number of piperidine rings is 1. The topological polar surface area (TPSA) is 48.9 Å². The molecule has 0 amide bonds. The molecule has 1 fully saturated rings. The monoisotopic (exact) mass is 522 g/mol. The zero-order chi connectivity index (χ0) is 20.3. The SMILES string of the molecule is CCNC(=NCc1cccc(COC)c1)NC1CCN(Cc2ccccc2)CC1.I. The molecular formula is C24H35IN4O. The van der Waals surface area contributed by atoms with Crippen LogP contribution in [0.1, 0.15) is 36.5 Å². The van der Waals surface area contributed by atoms with E-state index in [0.717, 1.165) is 45.0 Å². The summed E-state index contributed by atoms with van der Waals surface area (Å²) in [7, 11) is 1.73. The number of likely N-dealkylation sites (tertiary alicyclic amines) is 1. The second-order valence-electron chi connectivity index (χ2n) is 7.63. The van der Waals surface area contributed by atoms with Gasteiger partial charge in [0.15, 0.2) is 5.96 Å². The molecule has 5 nitrogen and oxygen atoms in total. The minimum Gasteiger partial charge on any atom is -0.380 e. The highest BCUT2D eigenvalue weighted by atomic mass is 127. The van der Waals surface area contributed by atoms with Crippen molar-refractivity contribution in [1.82, 2.24) is 15.5 Å². The number of methoxy groups -OCH3 is 1. The zero-order valence-corrected chi connectivity index (χ0v) is 20.5. The van der Waals surface area contributed by atoms with Crippen molar-refractivity contribution in [3.63, 3.8) is 0 Å². The van der Waals surface area contributed by atoms with Gasteiger partial charge in [0.05, 0.1) is 13.2 Å². The van der Waals surface area contributed by atoms with E-state index in [2.05, 4.69) is 77.1 Å². The number of nitrogens with one attached hydrogen (secondary N) is 2. The lowest BCUT2D eigenvalue weighted by Gasteiger charge is -2.33. The van der Waals surface area contributed by atoms with Crippen LogP contribution >= 0.6 is 24.0 Å². The van der Waals surface area contributed by atoms with Crippen LogP contribution in [0.25, 0.3) is 0 Å². The van der Waals surface area contributed by atoms with Gasteiger partial charge in [-0.2, -0.15) is 0 Å². The Hall–Kier alpha value is -1.64. The maximum Gasteiger partial charge on any atom is 0.191 e. The Morgan fingerprint density at radius 1 is 1.03 bits per heavy atom. The molecule has 0 bridgehead atoms. The van der Waals surface area contributed by atoms with Gasteiger partial charge in [-0.15, -0.1) is 24.0 Å². The Balaban J connectivity index is 0.00000320. The molecule has 1 heterocycles. The Bertz CT molecular complexity index is 761. The predicted molar refractivity (Wildman–Crippen MR) is 135 cm³/mol. The van der Waals surface area contributed by atoms with Crippen molar-refractivity contribution in [2.24, 2.45) is 4.99 Å². The number of benzene rings is 2. The van der Waals surface area contributed by atoms with Crippen molar-refractivity contribution in [3.05, 3.63) is 71.3 Å². The Morgan fingerprint density at radius 3 is 2.43 bits per heavy atom. The second-order valence-corrected chi connectivity index (χ2v) is 7.63. The van der Waals surface area contributed by atoms with E-state index in [1.165, 1.54) is 16.7 Å². The van der Waals surface area contributed by atoms with Crippen molar-refractivity contribution in [2.45, 2.75) is 45.5 Å². The summed E-state index contributed by atoms with van der Waals surface area (Å²) in [6, 6.07) is 19.7. The summed E-state index contributed by atoms with van der Waals surface area (Å²) in [5.74, 6) is 0.908. The van der Waals surface area contributed by atoms with E-state index in [1.54, 1.807) is 7.11 Å². The maximum atomic E-state index is 5.23. The average molecular weight is 522 g/mol. The van der Waals surface area contributed by atoms with Crippen LogP contribution in [-0.4, -0.2) is 43.6 Å². The summed E-state index contributed by atoms with van der Waals surface area (Å²) < 4.78 is 5.23. The first-order chi connectivity index (χ1) is 14.3. The fourth-order valence-corrected chi connectivity index (χ4v) is 3.75. The molecule has 30 heavy (non-hydrogen) atoms. The Kier molecular flexibility index (Phi) is 11.2. The van der Waals surface area contributed by atoms with Crippen molar-refractivity contribution < 1.29 is 4.74 Å².